The van der Waals surface area contributed by atoms with Crippen molar-refractivity contribution < 1.29 is 9.53 Å². The number of carbonyl (C=O) groups excluding carboxylic acids is 1. The molecule has 1 heterocycles. The highest BCUT2D eigenvalue weighted by Gasteiger charge is 2.34. The fourth-order valence-corrected chi connectivity index (χ4v) is 2.38. The van der Waals surface area contributed by atoms with Crippen LogP contribution in [0.15, 0.2) is 0 Å². The molecule has 1 fully saturated rings. The van der Waals surface area contributed by atoms with Gasteiger partial charge in [-0.2, -0.15) is 0 Å². The molecule has 0 aliphatic carbocycles. The van der Waals surface area contributed by atoms with E-state index in [0.717, 1.165) is 52.2 Å². The molecule has 5 heteroatoms. The molecule has 112 valence electrons. The lowest BCUT2D eigenvalue weighted by molar-refractivity contribution is -0.140. The highest BCUT2D eigenvalue weighted by Crippen LogP contribution is 2.23. The minimum Gasteiger partial charge on any atom is -0.383 e. The van der Waals surface area contributed by atoms with Crippen LogP contribution in [0.3, 0.4) is 0 Å². The van der Waals surface area contributed by atoms with Gasteiger partial charge in [0.05, 0.1) is 12.0 Å². The standard InChI is InChI=1S/C14H29N3O2/c1-4-14(2,12-15)13(18)17-7-5-6-16(8-9-17)10-11-19-3/h4-12,15H2,1-3H3. The third-order valence-corrected chi connectivity index (χ3v) is 4.23. The van der Waals surface area contributed by atoms with Crippen LogP contribution in [0.1, 0.15) is 26.7 Å². The Labute approximate surface area is 117 Å². The van der Waals surface area contributed by atoms with Crippen LogP contribution in [-0.4, -0.2) is 68.7 Å². The van der Waals surface area contributed by atoms with E-state index in [0.29, 0.717) is 6.54 Å². The fourth-order valence-electron chi connectivity index (χ4n) is 2.38. The van der Waals surface area contributed by atoms with Gasteiger partial charge in [-0.15, -0.1) is 0 Å². The first-order valence-electron chi connectivity index (χ1n) is 7.28. The van der Waals surface area contributed by atoms with Crippen LogP contribution < -0.4 is 5.73 Å². The molecule has 0 aromatic carbocycles. The van der Waals surface area contributed by atoms with Crippen molar-refractivity contribution in [2.24, 2.45) is 11.1 Å². The van der Waals surface area contributed by atoms with Gasteiger partial charge in [0.25, 0.3) is 0 Å². The number of methoxy groups -OCH3 is 1. The molecule has 2 N–H and O–H groups in total. The van der Waals surface area contributed by atoms with E-state index >= 15 is 0 Å². The molecule has 0 bridgehead atoms. The largest absolute Gasteiger partial charge is 0.383 e. The van der Waals surface area contributed by atoms with Crippen LogP contribution >= 0.6 is 0 Å². The fraction of sp³-hybridized carbons (Fsp3) is 0.929. The maximum Gasteiger partial charge on any atom is 0.229 e. The minimum absolute atomic E-state index is 0.214. The lowest BCUT2D eigenvalue weighted by atomic mass is 9.86. The van der Waals surface area contributed by atoms with Crippen molar-refractivity contribution in [2.45, 2.75) is 26.7 Å². The molecule has 0 aromatic rings. The van der Waals surface area contributed by atoms with Crippen LogP contribution in [0, 0.1) is 5.41 Å². The first-order chi connectivity index (χ1) is 9.07. The summed E-state index contributed by atoms with van der Waals surface area (Å²) in [5.41, 5.74) is 5.38. The highest BCUT2D eigenvalue weighted by atomic mass is 16.5. The monoisotopic (exact) mass is 271 g/mol. The van der Waals surface area contributed by atoms with Gasteiger partial charge >= 0.3 is 0 Å². The first kappa shape index (κ1) is 16.4. The zero-order valence-corrected chi connectivity index (χ0v) is 12.7. The van der Waals surface area contributed by atoms with E-state index < -0.39 is 5.41 Å². The molecular formula is C14H29N3O2. The van der Waals surface area contributed by atoms with Crippen molar-refractivity contribution in [2.75, 3.05) is 53.0 Å². The van der Waals surface area contributed by atoms with E-state index in [1.807, 2.05) is 18.7 Å². The lowest BCUT2D eigenvalue weighted by Gasteiger charge is -2.32. The second-order valence-corrected chi connectivity index (χ2v) is 5.60. The van der Waals surface area contributed by atoms with Crippen molar-refractivity contribution in [3.63, 3.8) is 0 Å². The van der Waals surface area contributed by atoms with E-state index in [1.165, 1.54) is 0 Å². The smallest absolute Gasteiger partial charge is 0.229 e. The van der Waals surface area contributed by atoms with Gasteiger partial charge in [-0.1, -0.05) is 6.92 Å². The molecule has 0 radical (unpaired) electrons. The number of hydrogen-bond donors (Lipinski definition) is 1. The second-order valence-electron chi connectivity index (χ2n) is 5.60. The molecule has 1 saturated heterocycles. The van der Waals surface area contributed by atoms with Crippen LogP contribution in [0.2, 0.25) is 0 Å². The normalized spacial score (nSPS) is 20.9. The SMILES string of the molecule is CCC(C)(CN)C(=O)N1CCCN(CCOC)CC1. The third kappa shape index (κ3) is 4.44. The number of nitrogens with zero attached hydrogens (tertiary/aromatic N) is 2. The van der Waals surface area contributed by atoms with E-state index in [9.17, 15) is 4.79 Å². The predicted molar refractivity (Wildman–Crippen MR) is 77.0 cm³/mol. The van der Waals surface area contributed by atoms with Gasteiger partial charge in [0.2, 0.25) is 5.91 Å². The number of hydrogen-bond acceptors (Lipinski definition) is 4. The molecule has 0 aromatic heterocycles. The Bertz CT molecular complexity index is 280. The van der Waals surface area contributed by atoms with Crippen molar-refractivity contribution >= 4 is 5.91 Å². The van der Waals surface area contributed by atoms with E-state index in [1.54, 1.807) is 7.11 Å². The van der Waals surface area contributed by atoms with E-state index in [2.05, 4.69) is 4.90 Å². The molecule has 1 atom stereocenters. The Morgan fingerprint density at radius 2 is 2.05 bits per heavy atom. The summed E-state index contributed by atoms with van der Waals surface area (Å²) in [4.78, 5) is 16.9. The summed E-state index contributed by atoms with van der Waals surface area (Å²) in [5.74, 6) is 0.214. The molecule has 19 heavy (non-hydrogen) atoms. The first-order valence-corrected chi connectivity index (χ1v) is 7.28. The Hall–Kier alpha value is -0.650. The van der Waals surface area contributed by atoms with Crippen LogP contribution in [0.25, 0.3) is 0 Å². The number of carbonyl (C=O) groups is 1. The molecular weight excluding hydrogens is 242 g/mol. The zero-order chi connectivity index (χ0) is 14.3. The maximum atomic E-state index is 12.6. The van der Waals surface area contributed by atoms with Gasteiger partial charge < -0.3 is 15.4 Å². The zero-order valence-electron chi connectivity index (χ0n) is 12.7. The van der Waals surface area contributed by atoms with Gasteiger partial charge in [0.1, 0.15) is 0 Å². The Morgan fingerprint density at radius 1 is 1.32 bits per heavy atom. The van der Waals surface area contributed by atoms with Gasteiger partial charge in [-0.25, -0.2) is 0 Å². The van der Waals surface area contributed by atoms with E-state index in [-0.39, 0.29) is 5.91 Å². The summed E-state index contributed by atoms with van der Waals surface area (Å²) in [6.07, 6.45) is 1.83. The Morgan fingerprint density at radius 3 is 2.63 bits per heavy atom. The molecule has 1 aliphatic rings. The predicted octanol–water partition coefficient (Wildman–Crippen LogP) is 0.542. The second kappa shape index (κ2) is 7.82. The van der Waals surface area contributed by atoms with Crippen molar-refractivity contribution in [3.05, 3.63) is 0 Å². The molecule has 1 aliphatic heterocycles. The number of amides is 1. The highest BCUT2D eigenvalue weighted by molar-refractivity contribution is 5.82. The molecule has 1 unspecified atom stereocenters. The summed E-state index contributed by atoms with van der Waals surface area (Å²) in [6, 6.07) is 0. The van der Waals surface area contributed by atoms with Gasteiger partial charge in [0, 0.05) is 39.8 Å². The van der Waals surface area contributed by atoms with Crippen molar-refractivity contribution in [3.8, 4) is 0 Å². The van der Waals surface area contributed by atoms with Crippen LogP contribution in [0.5, 0.6) is 0 Å². The van der Waals surface area contributed by atoms with Crippen molar-refractivity contribution in [1.82, 2.24) is 9.80 Å². The molecule has 0 saturated carbocycles. The van der Waals surface area contributed by atoms with Gasteiger partial charge in [-0.05, 0) is 26.3 Å². The molecule has 1 rings (SSSR count). The third-order valence-electron chi connectivity index (χ3n) is 4.23. The summed E-state index contributed by atoms with van der Waals surface area (Å²) < 4.78 is 5.11. The quantitative estimate of drug-likeness (QED) is 0.766. The summed E-state index contributed by atoms with van der Waals surface area (Å²) in [7, 11) is 1.72. The number of rotatable bonds is 6. The number of nitrogens with two attached hydrogens (primary N) is 1. The average Bonchev–Trinajstić information content (AvgIpc) is 2.68. The van der Waals surface area contributed by atoms with Gasteiger partial charge in [0.15, 0.2) is 0 Å². The Balaban J connectivity index is 2.54. The van der Waals surface area contributed by atoms with E-state index in [4.69, 9.17) is 10.5 Å². The molecule has 5 nitrogen and oxygen atoms in total. The maximum absolute atomic E-state index is 12.6. The summed E-state index contributed by atoms with van der Waals surface area (Å²) in [5, 5.41) is 0. The summed E-state index contributed by atoms with van der Waals surface area (Å²) in [6.45, 7) is 9.75. The van der Waals surface area contributed by atoms with Crippen LogP contribution in [0.4, 0.5) is 0 Å². The molecule has 0 spiro atoms. The molecule has 1 amide bonds. The summed E-state index contributed by atoms with van der Waals surface area (Å²) >= 11 is 0. The Kier molecular flexibility index (Phi) is 6.75. The topological polar surface area (TPSA) is 58.8 Å². The minimum atomic E-state index is -0.401. The van der Waals surface area contributed by atoms with Gasteiger partial charge in [-0.3, -0.25) is 9.69 Å². The van der Waals surface area contributed by atoms with Crippen LogP contribution in [-0.2, 0) is 9.53 Å². The lowest BCUT2D eigenvalue weighted by Crippen LogP contribution is -2.47. The van der Waals surface area contributed by atoms with Crippen molar-refractivity contribution in [1.29, 1.82) is 0 Å². The number of ether oxygens (including phenoxy) is 1. The average molecular weight is 271 g/mol.